The molecule has 0 fully saturated rings. The summed E-state index contributed by atoms with van der Waals surface area (Å²) in [4.78, 5) is 4.05. The van der Waals surface area contributed by atoms with Crippen molar-refractivity contribution in [3.8, 4) is 11.6 Å². The van der Waals surface area contributed by atoms with Crippen LogP contribution < -0.4 is 15.2 Å². The van der Waals surface area contributed by atoms with Crippen LogP contribution in [0.2, 0.25) is 0 Å². The molecule has 5 heteroatoms. The minimum absolute atomic E-state index is 0.00791. The molecule has 0 saturated carbocycles. The number of ether oxygens (including phenoxy) is 2. The van der Waals surface area contributed by atoms with Crippen LogP contribution in [0.15, 0.2) is 48.7 Å². The molecule has 1 aromatic carbocycles. The Balaban J connectivity index is 1.75. The quantitative estimate of drug-likeness (QED) is 0.470. The topological polar surface area (TPSA) is 81.2 Å². The number of hydrogen-bond acceptors (Lipinski definition) is 4. The van der Waals surface area contributed by atoms with Crippen molar-refractivity contribution in [1.82, 2.24) is 4.98 Å². The molecule has 0 atom stereocenters. The molecule has 0 aliphatic heterocycles. The van der Waals surface area contributed by atoms with Gasteiger partial charge in [-0.25, -0.2) is 4.98 Å². The van der Waals surface area contributed by atoms with Gasteiger partial charge in [0.25, 0.3) is 0 Å². The summed E-state index contributed by atoms with van der Waals surface area (Å²) >= 11 is 0. The van der Waals surface area contributed by atoms with Crippen LogP contribution in [0.3, 0.4) is 0 Å². The Morgan fingerprint density at radius 3 is 2.42 bits per heavy atom. The second kappa shape index (κ2) is 6.39. The van der Waals surface area contributed by atoms with E-state index in [1.807, 2.05) is 30.3 Å². The molecule has 3 N–H and O–H groups in total. The maximum Gasteiger partial charge on any atom is 0.213 e. The van der Waals surface area contributed by atoms with Crippen molar-refractivity contribution in [1.29, 1.82) is 5.41 Å². The number of nitrogens with two attached hydrogens (primary N) is 1. The van der Waals surface area contributed by atoms with Gasteiger partial charge in [-0.05, 0) is 18.2 Å². The molecule has 0 bridgehead atoms. The lowest BCUT2D eigenvalue weighted by atomic mass is 10.3. The first-order valence-corrected chi connectivity index (χ1v) is 5.87. The van der Waals surface area contributed by atoms with Gasteiger partial charge in [0.2, 0.25) is 5.88 Å². The minimum Gasteiger partial charge on any atom is -0.490 e. The second-order valence-corrected chi connectivity index (χ2v) is 3.81. The molecule has 5 nitrogen and oxygen atoms in total. The first-order valence-electron chi connectivity index (χ1n) is 5.87. The van der Waals surface area contributed by atoms with Gasteiger partial charge >= 0.3 is 0 Å². The summed E-state index contributed by atoms with van der Waals surface area (Å²) in [5.41, 5.74) is 5.91. The van der Waals surface area contributed by atoms with Crippen molar-refractivity contribution in [2.24, 2.45) is 5.73 Å². The van der Waals surface area contributed by atoms with Gasteiger partial charge in [-0.1, -0.05) is 18.2 Å². The molecule has 0 aliphatic carbocycles. The van der Waals surface area contributed by atoms with Gasteiger partial charge in [-0.2, -0.15) is 0 Å². The van der Waals surface area contributed by atoms with Crippen LogP contribution in [0.4, 0.5) is 0 Å². The molecule has 0 radical (unpaired) electrons. The van der Waals surface area contributed by atoms with Gasteiger partial charge in [-0.3, -0.25) is 5.41 Å². The van der Waals surface area contributed by atoms with E-state index in [2.05, 4.69) is 4.98 Å². The van der Waals surface area contributed by atoms with Gasteiger partial charge < -0.3 is 15.2 Å². The van der Waals surface area contributed by atoms with Crippen molar-refractivity contribution in [3.05, 3.63) is 54.2 Å². The number of rotatable bonds is 6. The van der Waals surface area contributed by atoms with Crippen LogP contribution in [-0.2, 0) is 0 Å². The number of para-hydroxylation sites is 1. The Kier molecular flexibility index (Phi) is 4.34. The summed E-state index contributed by atoms with van der Waals surface area (Å²) in [5, 5.41) is 7.25. The number of nitrogen functional groups attached to an aromatic ring is 1. The van der Waals surface area contributed by atoms with Crippen molar-refractivity contribution < 1.29 is 9.47 Å². The third-order valence-corrected chi connectivity index (χ3v) is 2.39. The highest BCUT2D eigenvalue weighted by Crippen LogP contribution is 2.09. The monoisotopic (exact) mass is 257 g/mol. The van der Waals surface area contributed by atoms with Crippen LogP contribution in [0.5, 0.6) is 11.6 Å². The van der Waals surface area contributed by atoms with Gasteiger partial charge in [0.05, 0.1) is 0 Å². The number of amidine groups is 1. The van der Waals surface area contributed by atoms with E-state index >= 15 is 0 Å². The van der Waals surface area contributed by atoms with E-state index in [9.17, 15) is 0 Å². The van der Waals surface area contributed by atoms with Crippen LogP contribution >= 0.6 is 0 Å². The molecule has 19 heavy (non-hydrogen) atoms. The largest absolute Gasteiger partial charge is 0.490 e. The fraction of sp³-hybridized carbons (Fsp3) is 0.143. The Bertz CT molecular complexity index is 526. The first kappa shape index (κ1) is 12.9. The predicted octanol–water partition coefficient (Wildman–Crippen LogP) is 1.82. The fourth-order valence-electron chi connectivity index (χ4n) is 1.45. The van der Waals surface area contributed by atoms with Crippen LogP contribution in [0.1, 0.15) is 5.56 Å². The molecule has 0 unspecified atom stereocenters. The van der Waals surface area contributed by atoms with Gasteiger partial charge in [-0.15, -0.1) is 0 Å². The highest BCUT2D eigenvalue weighted by Gasteiger charge is 1.99. The standard InChI is InChI=1S/C14H15N3O2/c15-14(16)11-6-7-13(17-10-11)19-9-8-18-12-4-2-1-3-5-12/h1-7,10H,8-9H2,(H3,15,16). The Morgan fingerprint density at radius 2 is 1.79 bits per heavy atom. The van der Waals surface area contributed by atoms with E-state index in [0.29, 0.717) is 24.7 Å². The number of hydrogen-bond donors (Lipinski definition) is 2. The van der Waals surface area contributed by atoms with Gasteiger partial charge in [0, 0.05) is 17.8 Å². The van der Waals surface area contributed by atoms with Crippen LogP contribution in [0, 0.1) is 5.41 Å². The molecule has 0 aliphatic rings. The second-order valence-electron chi connectivity index (χ2n) is 3.81. The van der Waals surface area contributed by atoms with E-state index in [4.69, 9.17) is 20.6 Å². The predicted molar refractivity (Wildman–Crippen MR) is 72.7 cm³/mol. The average Bonchev–Trinajstić information content (AvgIpc) is 2.45. The zero-order valence-corrected chi connectivity index (χ0v) is 10.4. The van der Waals surface area contributed by atoms with E-state index in [1.165, 1.54) is 6.20 Å². The zero-order valence-electron chi connectivity index (χ0n) is 10.4. The first-order chi connectivity index (χ1) is 9.25. The minimum atomic E-state index is -0.00791. The zero-order chi connectivity index (χ0) is 13.5. The van der Waals surface area contributed by atoms with Crippen LogP contribution in [0.25, 0.3) is 0 Å². The molecule has 2 aromatic rings. The van der Waals surface area contributed by atoms with E-state index in [0.717, 1.165) is 5.75 Å². The fourth-order valence-corrected chi connectivity index (χ4v) is 1.45. The lowest BCUT2D eigenvalue weighted by molar-refractivity contribution is 0.212. The molecule has 98 valence electrons. The van der Waals surface area contributed by atoms with E-state index in [1.54, 1.807) is 12.1 Å². The van der Waals surface area contributed by atoms with Crippen molar-refractivity contribution >= 4 is 5.84 Å². The number of nitrogens with one attached hydrogen (secondary N) is 1. The summed E-state index contributed by atoms with van der Waals surface area (Å²) in [6, 6.07) is 12.9. The molecular weight excluding hydrogens is 242 g/mol. The lowest BCUT2D eigenvalue weighted by Crippen LogP contribution is -2.12. The number of pyridine rings is 1. The third-order valence-electron chi connectivity index (χ3n) is 2.39. The number of aromatic nitrogens is 1. The van der Waals surface area contributed by atoms with Crippen molar-refractivity contribution in [2.75, 3.05) is 13.2 Å². The maximum atomic E-state index is 7.25. The molecule has 0 spiro atoms. The SMILES string of the molecule is N=C(N)c1ccc(OCCOc2ccccc2)nc1. The van der Waals surface area contributed by atoms with Crippen molar-refractivity contribution in [3.63, 3.8) is 0 Å². The molecule has 2 rings (SSSR count). The van der Waals surface area contributed by atoms with E-state index < -0.39 is 0 Å². The summed E-state index contributed by atoms with van der Waals surface area (Å²) < 4.78 is 10.9. The average molecular weight is 257 g/mol. The Morgan fingerprint density at radius 1 is 1.05 bits per heavy atom. The summed E-state index contributed by atoms with van der Waals surface area (Å²) in [6.45, 7) is 0.849. The molecule has 0 saturated heterocycles. The number of benzene rings is 1. The summed E-state index contributed by atoms with van der Waals surface area (Å²) in [6.07, 6.45) is 1.51. The molecular formula is C14H15N3O2. The smallest absolute Gasteiger partial charge is 0.213 e. The third kappa shape index (κ3) is 3.99. The summed E-state index contributed by atoms with van der Waals surface area (Å²) in [5.74, 6) is 1.29. The highest BCUT2D eigenvalue weighted by molar-refractivity contribution is 5.94. The molecule has 1 heterocycles. The normalized spacial score (nSPS) is 9.89. The molecule has 1 aromatic heterocycles. The van der Waals surface area contributed by atoms with E-state index in [-0.39, 0.29) is 5.84 Å². The van der Waals surface area contributed by atoms with Crippen molar-refractivity contribution in [2.45, 2.75) is 0 Å². The van der Waals surface area contributed by atoms with Crippen LogP contribution in [-0.4, -0.2) is 24.0 Å². The lowest BCUT2D eigenvalue weighted by Gasteiger charge is -2.07. The Labute approximate surface area is 111 Å². The highest BCUT2D eigenvalue weighted by atomic mass is 16.5. The number of nitrogens with zero attached hydrogens (tertiary/aromatic N) is 1. The summed E-state index contributed by atoms with van der Waals surface area (Å²) in [7, 11) is 0. The van der Waals surface area contributed by atoms with Gasteiger partial charge in [0.15, 0.2) is 0 Å². The van der Waals surface area contributed by atoms with Gasteiger partial charge in [0.1, 0.15) is 24.8 Å². The maximum absolute atomic E-state index is 7.25. The molecule has 0 amide bonds. The Hall–Kier alpha value is -2.56.